The molecule has 0 saturated carbocycles. The first-order valence-electron chi connectivity index (χ1n) is 12.7. The van der Waals surface area contributed by atoms with Gasteiger partial charge >= 0.3 is 0 Å². The number of phenolic OH excluding ortho intramolecular Hbond substituents is 1. The Morgan fingerprint density at radius 2 is 1.50 bits per heavy atom. The lowest BCUT2D eigenvalue weighted by Crippen LogP contribution is -2.53. The Balaban J connectivity index is 2.15. The van der Waals surface area contributed by atoms with Gasteiger partial charge < -0.3 is 34.3 Å². The molecule has 0 aliphatic heterocycles. The smallest absolute Gasteiger partial charge is 0.194 e. The number of carbonyl (C=O) groups excluding carboxylic acids is 1. The summed E-state index contributed by atoms with van der Waals surface area (Å²) in [4.78, 5) is 40.8. The second kappa shape index (κ2) is 8.42. The van der Waals surface area contributed by atoms with E-state index in [0.717, 1.165) is 0 Å². The van der Waals surface area contributed by atoms with Crippen molar-refractivity contribution in [3.8, 4) is 23.0 Å². The molecule has 0 bridgehead atoms. The highest BCUT2D eigenvalue weighted by Gasteiger charge is 2.61. The van der Waals surface area contributed by atoms with Crippen LogP contribution in [-0.4, -0.2) is 61.7 Å². The van der Waals surface area contributed by atoms with Crippen molar-refractivity contribution in [1.82, 2.24) is 0 Å². The van der Waals surface area contributed by atoms with Gasteiger partial charge in [0.15, 0.2) is 22.4 Å². The van der Waals surface area contributed by atoms with E-state index in [1.54, 1.807) is 6.92 Å². The molecule has 40 heavy (non-hydrogen) atoms. The summed E-state index contributed by atoms with van der Waals surface area (Å²) >= 11 is 0. The van der Waals surface area contributed by atoms with E-state index in [-0.39, 0.29) is 45.6 Å². The van der Waals surface area contributed by atoms with Crippen LogP contribution in [0.2, 0.25) is 0 Å². The summed E-state index contributed by atoms with van der Waals surface area (Å²) in [5.74, 6) is -2.06. The van der Waals surface area contributed by atoms with Crippen LogP contribution < -0.4 is 30.3 Å². The maximum atomic E-state index is 13.7. The van der Waals surface area contributed by atoms with Gasteiger partial charge in [-0.3, -0.25) is 14.4 Å². The van der Waals surface area contributed by atoms with Crippen LogP contribution in [0.3, 0.4) is 0 Å². The molecule has 1 unspecified atom stereocenters. The number of methoxy groups -OCH3 is 4. The van der Waals surface area contributed by atoms with Gasteiger partial charge in [-0.25, -0.2) is 0 Å². The molecule has 0 spiro atoms. The molecule has 0 heterocycles. The fourth-order valence-corrected chi connectivity index (χ4v) is 7.66. The maximum absolute atomic E-state index is 13.7. The van der Waals surface area contributed by atoms with Crippen molar-refractivity contribution in [3.63, 3.8) is 0 Å². The number of ketones is 1. The van der Waals surface area contributed by atoms with Crippen molar-refractivity contribution in [2.45, 2.75) is 43.8 Å². The molecule has 4 atom stereocenters. The van der Waals surface area contributed by atoms with Crippen LogP contribution in [0.15, 0.2) is 21.7 Å². The zero-order valence-electron chi connectivity index (χ0n) is 22.8. The largest absolute Gasteiger partial charge is 0.509 e. The van der Waals surface area contributed by atoms with Gasteiger partial charge in [-0.1, -0.05) is 0 Å². The highest BCUT2D eigenvalue weighted by molar-refractivity contribution is 6.31. The summed E-state index contributed by atoms with van der Waals surface area (Å²) in [5.41, 5.74) is -1.80. The summed E-state index contributed by atoms with van der Waals surface area (Å²) in [5, 5.41) is 35.8. The monoisotopic (exact) mass is 548 g/mol. The first kappa shape index (κ1) is 26.1. The fraction of sp³-hybridized carbons (Fsp3) is 0.367. The highest BCUT2D eigenvalue weighted by atomic mass is 16.5. The molecule has 2 aliphatic rings. The third kappa shape index (κ3) is 2.77. The van der Waals surface area contributed by atoms with Crippen molar-refractivity contribution in [1.29, 1.82) is 0 Å². The number of aliphatic hydroxyl groups excluding tert-OH is 2. The number of benzene rings is 4. The molecule has 3 N–H and O–H groups in total. The van der Waals surface area contributed by atoms with E-state index in [4.69, 9.17) is 18.9 Å². The Morgan fingerprint density at radius 3 is 2.02 bits per heavy atom. The third-order valence-corrected chi connectivity index (χ3v) is 8.64. The molecule has 6 rings (SSSR count). The molecule has 4 aromatic rings. The second-order valence-corrected chi connectivity index (χ2v) is 10.6. The summed E-state index contributed by atoms with van der Waals surface area (Å²) in [6.45, 7) is 2.93. The van der Waals surface area contributed by atoms with Gasteiger partial charge in [-0.2, -0.15) is 0 Å². The van der Waals surface area contributed by atoms with Gasteiger partial charge in [0.05, 0.1) is 44.0 Å². The zero-order valence-corrected chi connectivity index (χ0v) is 22.8. The quantitative estimate of drug-likeness (QED) is 0.232. The highest BCUT2D eigenvalue weighted by Crippen LogP contribution is 2.65. The number of hydrogen-bond donors (Lipinski definition) is 3. The van der Waals surface area contributed by atoms with Crippen LogP contribution in [0.25, 0.3) is 38.1 Å². The Kier molecular flexibility index (Phi) is 5.49. The predicted molar refractivity (Wildman–Crippen MR) is 147 cm³/mol. The molecule has 0 aromatic heterocycles. The lowest BCUT2D eigenvalue weighted by atomic mass is 9.61. The molecule has 0 amide bonds. The van der Waals surface area contributed by atoms with Crippen molar-refractivity contribution >= 4 is 43.9 Å². The van der Waals surface area contributed by atoms with Crippen LogP contribution in [0.1, 0.15) is 37.3 Å². The molecule has 0 saturated heterocycles. The van der Waals surface area contributed by atoms with Crippen molar-refractivity contribution in [2.75, 3.05) is 28.4 Å². The van der Waals surface area contributed by atoms with E-state index < -0.39 is 45.9 Å². The molecular formula is C30H28O10. The molecule has 10 nitrogen and oxygen atoms in total. The summed E-state index contributed by atoms with van der Waals surface area (Å²) in [7, 11) is 5.45. The minimum atomic E-state index is -1.44. The minimum absolute atomic E-state index is 0.0342. The van der Waals surface area contributed by atoms with E-state index in [0.29, 0.717) is 32.5 Å². The van der Waals surface area contributed by atoms with Crippen LogP contribution in [0, 0.1) is 0 Å². The van der Waals surface area contributed by atoms with Gasteiger partial charge in [0.2, 0.25) is 0 Å². The maximum Gasteiger partial charge on any atom is 0.194 e. The normalized spacial score (nSPS) is 22.0. The van der Waals surface area contributed by atoms with Gasteiger partial charge in [-0.05, 0) is 31.2 Å². The number of fused-ring (bicyclic) bond motifs is 1. The molecule has 208 valence electrons. The van der Waals surface area contributed by atoms with Crippen LogP contribution in [-0.2, 0) is 14.9 Å². The van der Waals surface area contributed by atoms with Crippen LogP contribution >= 0.6 is 0 Å². The average Bonchev–Trinajstić information content (AvgIpc) is 3.19. The summed E-state index contributed by atoms with van der Waals surface area (Å²) in [6.07, 6.45) is -2.29. The first-order valence-corrected chi connectivity index (χ1v) is 12.7. The molecule has 4 aromatic carbocycles. The number of aliphatic hydroxyl groups is 2. The van der Waals surface area contributed by atoms with Crippen molar-refractivity contribution < 1.29 is 39.1 Å². The van der Waals surface area contributed by atoms with Gasteiger partial charge in [0.25, 0.3) is 0 Å². The molecule has 10 heteroatoms. The van der Waals surface area contributed by atoms with E-state index >= 15 is 0 Å². The lowest BCUT2D eigenvalue weighted by Gasteiger charge is -2.44. The van der Waals surface area contributed by atoms with E-state index in [9.17, 15) is 29.7 Å². The second-order valence-electron chi connectivity index (χ2n) is 10.6. The topological polar surface area (TPSA) is 149 Å². The first-order chi connectivity index (χ1) is 19.0. The Labute approximate surface area is 227 Å². The molecular weight excluding hydrogens is 520 g/mol. The van der Waals surface area contributed by atoms with Crippen molar-refractivity contribution in [2.24, 2.45) is 0 Å². The minimum Gasteiger partial charge on any atom is -0.509 e. The van der Waals surface area contributed by atoms with Crippen LogP contribution in [0.5, 0.6) is 23.0 Å². The lowest BCUT2D eigenvalue weighted by molar-refractivity contribution is -0.122. The number of carbonyl (C=O) groups is 1. The predicted octanol–water partition coefficient (Wildman–Crippen LogP) is 2.14. The number of Topliss-reactive ketones (excluding diaryl/α,β-unsaturated/α-hetero) is 1. The summed E-state index contributed by atoms with van der Waals surface area (Å²) < 4.78 is 22.9. The number of phenols is 1. The summed E-state index contributed by atoms with van der Waals surface area (Å²) in [6, 6.07) is 2.47. The average molecular weight is 549 g/mol. The Morgan fingerprint density at radius 1 is 0.900 bits per heavy atom. The zero-order chi connectivity index (χ0) is 29.0. The van der Waals surface area contributed by atoms with Crippen molar-refractivity contribution in [3.05, 3.63) is 48.9 Å². The Bertz CT molecular complexity index is 1960. The molecule has 0 fully saturated rings. The van der Waals surface area contributed by atoms with E-state index in [1.807, 2.05) is 0 Å². The molecule has 0 radical (unpaired) electrons. The van der Waals surface area contributed by atoms with Gasteiger partial charge in [0.1, 0.15) is 29.1 Å². The number of ether oxygens (including phenoxy) is 4. The number of hydrogen-bond acceptors (Lipinski definition) is 10. The SMILES string of the molecule is COc1c2c3c4c5c(c(=O)cc(OC)c5c5c(OC)cc(=O)c(c1O)c35)=C(O)[C@@H](OC)[C@]4(CC(C)O)[C@@H]2C(C)=O. The standard InChI is InChI=1S/C30H28O10/c1-10(31)9-30-24(11(2)32)23-22-20-16(26(35)28(23)39-5)12(33)7-14(37-3)18(20)19-15(38-4)8-13(34)17(21(19)25(22)30)27(36)29(30)40-6/h7-8,10,24,29,31,35-36H,9H2,1-6H3/t10?,24-,29-,30-/m1/s1. The third-order valence-electron chi connectivity index (χ3n) is 8.64. The van der Waals surface area contributed by atoms with E-state index in [1.165, 1.54) is 47.5 Å². The fourth-order valence-electron chi connectivity index (χ4n) is 7.66. The number of aromatic hydroxyl groups is 1. The Hall–Kier alpha value is -4.15. The van der Waals surface area contributed by atoms with Gasteiger partial charge in [-0.15, -0.1) is 0 Å². The van der Waals surface area contributed by atoms with E-state index in [2.05, 4.69) is 0 Å². The van der Waals surface area contributed by atoms with Crippen LogP contribution in [0.4, 0.5) is 0 Å². The molecule has 2 aliphatic carbocycles. The van der Waals surface area contributed by atoms with Gasteiger partial charge in [0, 0.05) is 51.8 Å². The number of rotatable bonds is 7.